The van der Waals surface area contributed by atoms with E-state index in [1.165, 1.54) is 12.1 Å². The normalized spacial score (nSPS) is 10.1. The van der Waals surface area contributed by atoms with E-state index in [9.17, 15) is 14.9 Å². The second-order valence-electron chi connectivity index (χ2n) is 4.82. The van der Waals surface area contributed by atoms with Gasteiger partial charge >= 0.3 is 0 Å². The van der Waals surface area contributed by atoms with E-state index in [4.69, 9.17) is 0 Å². The molecule has 0 radical (unpaired) electrons. The monoisotopic (exact) mass is 315 g/mol. The van der Waals surface area contributed by atoms with Gasteiger partial charge in [0.1, 0.15) is 0 Å². The molecule has 120 valence electrons. The molecule has 2 N–H and O–H groups in total. The van der Waals surface area contributed by atoms with Gasteiger partial charge in [-0.2, -0.15) is 0 Å². The zero-order valence-electron chi connectivity index (χ0n) is 12.7. The van der Waals surface area contributed by atoms with Crippen molar-refractivity contribution in [2.45, 2.75) is 13.3 Å². The minimum absolute atomic E-state index is 0.0551. The summed E-state index contributed by atoms with van der Waals surface area (Å²) in [5.41, 5.74) is 0.630. The third kappa shape index (κ3) is 4.47. The van der Waals surface area contributed by atoms with Crippen LogP contribution in [-0.2, 0) is 0 Å². The van der Waals surface area contributed by atoms with Crippen LogP contribution in [-0.4, -0.2) is 33.9 Å². The van der Waals surface area contributed by atoms with Crippen molar-refractivity contribution in [3.8, 4) is 0 Å². The molecule has 1 amide bonds. The Kier molecular flexibility index (Phi) is 5.56. The largest absolute Gasteiger partial charge is 0.354 e. The van der Waals surface area contributed by atoms with Crippen molar-refractivity contribution in [2.24, 2.45) is 0 Å². The molecule has 2 rings (SSSR count). The lowest BCUT2D eigenvalue weighted by atomic mass is 10.1. The van der Waals surface area contributed by atoms with Crippen molar-refractivity contribution in [3.63, 3.8) is 0 Å². The van der Waals surface area contributed by atoms with Crippen LogP contribution >= 0.6 is 0 Å². The molecule has 0 aliphatic carbocycles. The summed E-state index contributed by atoms with van der Waals surface area (Å²) in [6, 6.07) is 6.20. The van der Waals surface area contributed by atoms with Gasteiger partial charge in [-0.3, -0.25) is 14.9 Å². The van der Waals surface area contributed by atoms with Crippen LogP contribution in [0.2, 0.25) is 0 Å². The number of carbonyl (C=O) groups excluding carboxylic acids is 1. The fourth-order valence-electron chi connectivity index (χ4n) is 2.04. The molecular formula is C15H17N5O3. The van der Waals surface area contributed by atoms with Crippen LogP contribution in [0.3, 0.4) is 0 Å². The topological polar surface area (TPSA) is 110 Å². The second kappa shape index (κ2) is 7.83. The summed E-state index contributed by atoms with van der Waals surface area (Å²) in [5.74, 6) is 0.218. The Labute approximate surface area is 133 Å². The SMILES string of the molecule is Cc1c(C(=O)NCCCNc2ncccn2)cccc1[N+](=O)[O-]. The van der Waals surface area contributed by atoms with Crippen molar-refractivity contribution >= 4 is 17.5 Å². The zero-order valence-corrected chi connectivity index (χ0v) is 12.7. The van der Waals surface area contributed by atoms with E-state index in [2.05, 4.69) is 20.6 Å². The third-order valence-electron chi connectivity index (χ3n) is 3.23. The number of nitro benzene ring substituents is 1. The zero-order chi connectivity index (χ0) is 16.7. The molecule has 0 unspecified atom stereocenters. The Morgan fingerprint density at radius 3 is 2.65 bits per heavy atom. The second-order valence-corrected chi connectivity index (χ2v) is 4.82. The van der Waals surface area contributed by atoms with Crippen molar-refractivity contribution in [1.82, 2.24) is 15.3 Å². The number of carbonyl (C=O) groups is 1. The lowest BCUT2D eigenvalue weighted by molar-refractivity contribution is -0.385. The van der Waals surface area contributed by atoms with Gasteiger partial charge in [0.05, 0.1) is 4.92 Å². The molecule has 8 nitrogen and oxygen atoms in total. The highest BCUT2D eigenvalue weighted by Crippen LogP contribution is 2.20. The van der Waals surface area contributed by atoms with Crippen LogP contribution in [0, 0.1) is 17.0 Å². The molecule has 1 heterocycles. The average Bonchev–Trinajstić information content (AvgIpc) is 2.55. The maximum absolute atomic E-state index is 12.1. The summed E-state index contributed by atoms with van der Waals surface area (Å²) in [4.78, 5) is 30.5. The first kappa shape index (κ1) is 16.3. The highest BCUT2D eigenvalue weighted by atomic mass is 16.6. The van der Waals surface area contributed by atoms with Gasteiger partial charge in [0, 0.05) is 42.7 Å². The maximum atomic E-state index is 12.1. The van der Waals surface area contributed by atoms with E-state index in [-0.39, 0.29) is 11.6 Å². The van der Waals surface area contributed by atoms with Crippen LogP contribution in [0.4, 0.5) is 11.6 Å². The molecular weight excluding hydrogens is 298 g/mol. The summed E-state index contributed by atoms with van der Waals surface area (Å²) in [6.07, 6.45) is 3.96. The lowest BCUT2D eigenvalue weighted by Gasteiger charge is -2.08. The number of hydrogen-bond donors (Lipinski definition) is 2. The van der Waals surface area contributed by atoms with Crippen molar-refractivity contribution in [2.75, 3.05) is 18.4 Å². The van der Waals surface area contributed by atoms with Gasteiger partial charge in [-0.15, -0.1) is 0 Å². The van der Waals surface area contributed by atoms with E-state index in [0.29, 0.717) is 36.6 Å². The molecule has 8 heteroatoms. The highest BCUT2D eigenvalue weighted by Gasteiger charge is 2.17. The molecule has 0 atom stereocenters. The van der Waals surface area contributed by atoms with Crippen LogP contribution in [0.5, 0.6) is 0 Å². The lowest BCUT2D eigenvalue weighted by Crippen LogP contribution is -2.26. The van der Waals surface area contributed by atoms with Gasteiger partial charge < -0.3 is 10.6 Å². The van der Waals surface area contributed by atoms with Gasteiger partial charge in [-0.1, -0.05) is 6.07 Å². The summed E-state index contributed by atoms with van der Waals surface area (Å²) < 4.78 is 0. The minimum atomic E-state index is -0.490. The molecule has 0 bridgehead atoms. The molecule has 1 aromatic carbocycles. The fraction of sp³-hybridized carbons (Fsp3) is 0.267. The number of hydrogen-bond acceptors (Lipinski definition) is 6. The number of benzene rings is 1. The molecule has 2 aromatic rings. The van der Waals surface area contributed by atoms with E-state index >= 15 is 0 Å². The summed E-state index contributed by atoms with van der Waals surface area (Å²) in [6.45, 7) is 2.63. The molecule has 23 heavy (non-hydrogen) atoms. The predicted molar refractivity (Wildman–Crippen MR) is 85.3 cm³/mol. The molecule has 0 aliphatic rings. The maximum Gasteiger partial charge on any atom is 0.273 e. The standard InChI is InChI=1S/C15H17N5O3/c1-11-12(5-2-6-13(11)20(22)23)14(21)16-7-3-8-17-15-18-9-4-10-19-15/h2,4-6,9-10H,3,7-8H2,1H3,(H,16,21)(H,17,18,19). The number of rotatable bonds is 7. The van der Waals surface area contributed by atoms with E-state index < -0.39 is 4.92 Å². The molecule has 0 saturated carbocycles. The Morgan fingerprint density at radius 2 is 1.96 bits per heavy atom. The van der Waals surface area contributed by atoms with Gasteiger partial charge in [-0.05, 0) is 25.5 Å². The number of nitro groups is 1. The predicted octanol–water partition coefficient (Wildman–Crippen LogP) is 1.93. The first-order valence-electron chi connectivity index (χ1n) is 7.12. The molecule has 0 aliphatic heterocycles. The fourth-order valence-corrected chi connectivity index (χ4v) is 2.04. The van der Waals surface area contributed by atoms with Crippen molar-refractivity contribution in [1.29, 1.82) is 0 Å². The van der Waals surface area contributed by atoms with Crippen LogP contribution in [0.25, 0.3) is 0 Å². The van der Waals surface area contributed by atoms with Gasteiger partial charge in [0.25, 0.3) is 11.6 Å². The molecule has 0 fully saturated rings. The van der Waals surface area contributed by atoms with Crippen LogP contribution < -0.4 is 10.6 Å². The van der Waals surface area contributed by atoms with Gasteiger partial charge in [0.2, 0.25) is 5.95 Å². The minimum Gasteiger partial charge on any atom is -0.354 e. The Hall–Kier alpha value is -3.03. The summed E-state index contributed by atoms with van der Waals surface area (Å²) in [7, 11) is 0. The molecule has 0 saturated heterocycles. The number of nitrogens with one attached hydrogen (secondary N) is 2. The number of anilines is 1. The Balaban J connectivity index is 1.81. The number of amides is 1. The third-order valence-corrected chi connectivity index (χ3v) is 3.23. The first-order chi connectivity index (χ1) is 11.1. The summed E-state index contributed by atoms with van der Waals surface area (Å²) >= 11 is 0. The number of nitrogens with zero attached hydrogens (tertiary/aromatic N) is 3. The molecule has 1 aromatic heterocycles. The van der Waals surface area contributed by atoms with E-state index in [1.807, 2.05) is 0 Å². The number of aromatic nitrogens is 2. The highest BCUT2D eigenvalue weighted by molar-refractivity contribution is 5.96. The quantitative estimate of drug-likeness (QED) is 0.459. The Bertz CT molecular complexity index is 691. The van der Waals surface area contributed by atoms with Crippen LogP contribution in [0.15, 0.2) is 36.7 Å². The Morgan fingerprint density at radius 1 is 1.22 bits per heavy atom. The molecule has 0 spiro atoms. The van der Waals surface area contributed by atoms with Crippen molar-refractivity contribution < 1.29 is 9.72 Å². The van der Waals surface area contributed by atoms with Crippen LogP contribution in [0.1, 0.15) is 22.3 Å². The van der Waals surface area contributed by atoms with Gasteiger partial charge in [0.15, 0.2) is 0 Å². The smallest absolute Gasteiger partial charge is 0.273 e. The average molecular weight is 315 g/mol. The van der Waals surface area contributed by atoms with E-state index in [0.717, 1.165) is 0 Å². The van der Waals surface area contributed by atoms with Crippen molar-refractivity contribution in [3.05, 3.63) is 57.9 Å². The first-order valence-corrected chi connectivity index (χ1v) is 7.12. The summed E-state index contributed by atoms with van der Waals surface area (Å²) in [5, 5.41) is 16.7. The van der Waals surface area contributed by atoms with Gasteiger partial charge in [-0.25, -0.2) is 9.97 Å². The van der Waals surface area contributed by atoms with E-state index in [1.54, 1.807) is 31.5 Å².